The first-order valence-corrected chi connectivity index (χ1v) is 6.69. The van der Waals surface area contributed by atoms with Gasteiger partial charge in [0.15, 0.2) is 5.78 Å². The lowest BCUT2D eigenvalue weighted by Gasteiger charge is -2.24. The van der Waals surface area contributed by atoms with E-state index in [0.717, 1.165) is 5.57 Å². The SMILES string of the molecule is C=C/C(=C\C=C/C)COC(C)(C)C(=O)c1ccccc1. The molecular weight excluding hydrogens is 248 g/mol. The summed E-state index contributed by atoms with van der Waals surface area (Å²) in [5.41, 5.74) is 0.742. The van der Waals surface area contributed by atoms with Crippen LogP contribution in [0.4, 0.5) is 0 Å². The maximum atomic E-state index is 12.4. The van der Waals surface area contributed by atoms with Crippen LogP contribution in [0, 0.1) is 0 Å². The van der Waals surface area contributed by atoms with E-state index in [1.54, 1.807) is 32.1 Å². The number of carbonyl (C=O) groups is 1. The van der Waals surface area contributed by atoms with Gasteiger partial charge in [-0.3, -0.25) is 4.79 Å². The average Bonchev–Trinajstić information content (AvgIpc) is 2.47. The number of rotatable bonds is 7. The van der Waals surface area contributed by atoms with E-state index in [4.69, 9.17) is 4.74 Å². The van der Waals surface area contributed by atoms with Crippen LogP contribution in [0.25, 0.3) is 0 Å². The Bertz CT molecular complexity index is 507. The maximum Gasteiger partial charge on any atom is 0.194 e. The minimum atomic E-state index is -0.862. The number of Topliss-reactive ketones (excluding diaryl/α,β-unsaturated/α-hetero) is 1. The van der Waals surface area contributed by atoms with Crippen LogP contribution < -0.4 is 0 Å². The molecule has 0 amide bonds. The second-order valence-electron chi connectivity index (χ2n) is 4.97. The summed E-state index contributed by atoms with van der Waals surface area (Å²) in [5, 5.41) is 0. The molecule has 1 rings (SSSR count). The van der Waals surface area contributed by atoms with Gasteiger partial charge in [-0.1, -0.05) is 61.2 Å². The fourth-order valence-corrected chi connectivity index (χ4v) is 1.66. The van der Waals surface area contributed by atoms with Gasteiger partial charge in [-0.25, -0.2) is 0 Å². The summed E-state index contributed by atoms with van der Waals surface area (Å²) in [6, 6.07) is 9.20. The van der Waals surface area contributed by atoms with Crippen molar-refractivity contribution in [3.8, 4) is 0 Å². The molecule has 0 saturated heterocycles. The lowest BCUT2D eigenvalue weighted by molar-refractivity contribution is 0.00603. The van der Waals surface area contributed by atoms with Crippen LogP contribution in [-0.4, -0.2) is 18.0 Å². The van der Waals surface area contributed by atoms with Crippen molar-refractivity contribution in [1.29, 1.82) is 0 Å². The van der Waals surface area contributed by atoms with Crippen LogP contribution >= 0.6 is 0 Å². The minimum Gasteiger partial charge on any atom is -0.363 e. The van der Waals surface area contributed by atoms with Crippen molar-refractivity contribution in [2.24, 2.45) is 0 Å². The molecule has 0 atom stereocenters. The van der Waals surface area contributed by atoms with Gasteiger partial charge in [-0.05, 0) is 26.3 Å². The predicted molar refractivity (Wildman–Crippen MR) is 83.9 cm³/mol. The predicted octanol–water partition coefficient (Wildman–Crippen LogP) is 4.35. The summed E-state index contributed by atoms with van der Waals surface area (Å²) in [6.45, 7) is 9.64. The molecular formula is C18H22O2. The van der Waals surface area contributed by atoms with Gasteiger partial charge in [0.2, 0.25) is 0 Å². The molecule has 0 saturated carbocycles. The van der Waals surface area contributed by atoms with Gasteiger partial charge in [0, 0.05) is 5.56 Å². The topological polar surface area (TPSA) is 26.3 Å². The molecule has 20 heavy (non-hydrogen) atoms. The first-order chi connectivity index (χ1) is 9.51. The van der Waals surface area contributed by atoms with Crippen molar-refractivity contribution >= 4 is 5.78 Å². The number of ether oxygens (including phenoxy) is 1. The fraction of sp³-hybridized carbons (Fsp3) is 0.278. The quantitative estimate of drug-likeness (QED) is 0.544. The molecule has 0 fully saturated rings. The molecule has 0 aliphatic rings. The molecule has 0 aromatic heterocycles. The normalized spacial score (nSPS) is 12.7. The highest BCUT2D eigenvalue weighted by Gasteiger charge is 2.29. The van der Waals surface area contributed by atoms with Crippen molar-refractivity contribution in [2.45, 2.75) is 26.4 Å². The van der Waals surface area contributed by atoms with Crippen molar-refractivity contribution in [2.75, 3.05) is 6.61 Å². The van der Waals surface area contributed by atoms with Gasteiger partial charge in [-0.2, -0.15) is 0 Å². The lowest BCUT2D eigenvalue weighted by atomic mass is 9.96. The van der Waals surface area contributed by atoms with E-state index in [2.05, 4.69) is 6.58 Å². The van der Waals surface area contributed by atoms with E-state index < -0.39 is 5.60 Å². The smallest absolute Gasteiger partial charge is 0.194 e. The van der Waals surface area contributed by atoms with Gasteiger partial charge in [0.1, 0.15) is 5.60 Å². The summed E-state index contributed by atoms with van der Waals surface area (Å²) in [5.74, 6) is -0.0208. The van der Waals surface area contributed by atoms with Crippen molar-refractivity contribution in [3.63, 3.8) is 0 Å². The third-order valence-electron chi connectivity index (χ3n) is 2.95. The third-order valence-corrected chi connectivity index (χ3v) is 2.95. The molecule has 1 aromatic carbocycles. The summed E-state index contributed by atoms with van der Waals surface area (Å²) in [6.07, 6.45) is 7.52. The largest absolute Gasteiger partial charge is 0.363 e. The van der Waals surface area contributed by atoms with Crippen LogP contribution in [0.5, 0.6) is 0 Å². The van der Waals surface area contributed by atoms with E-state index in [1.807, 2.05) is 43.4 Å². The lowest BCUT2D eigenvalue weighted by Crippen LogP contribution is -2.35. The van der Waals surface area contributed by atoms with E-state index in [1.165, 1.54) is 0 Å². The van der Waals surface area contributed by atoms with Gasteiger partial charge >= 0.3 is 0 Å². The van der Waals surface area contributed by atoms with Gasteiger partial charge in [0.25, 0.3) is 0 Å². The summed E-state index contributed by atoms with van der Waals surface area (Å²) < 4.78 is 5.77. The second kappa shape index (κ2) is 7.61. The van der Waals surface area contributed by atoms with E-state index in [0.29, 0.717) is 12.2 Å². The first kappa shape index (κ1) is 16.1. The number of allylic oxidation sites excluding steroid dienone is 3. The molecule has 0 N–H and O–H groups in total. The van der Waals surface area contributed by atoms with Crippen molar-refractivity contribution in [1.82, 2.24) is 0 Å². The monoisotopic (exact) mass is 270 g/mol. The molecule has 0 bridgehead atoms. The molecule has 0 spiro atoms. The molecule has 0 heterocycles. The summed E-state index contributed by atoms with van der Waals surface area (Å²) in [7, 11) is 0. The van der Waals surface area contributed by atoms with Crippen LogP contribution in [0.1, 0.15) is 31.1 Å². The van der Waals surface area contributed by atoms with Crippen LogP contribution in [0.15, 0.2) is 66.8 Å². The van der Waals surface area contributed by atoms with E-state index >= 15 is 0 Å². The molecule has 0 aliphatic carbocycles. The Balaban J connectivity index is 2.75. The highest BCUT2D eigenvalue weighted by molar-refractivity contribution is 6.01. The Kier molecular flexibility index (Phi) is 6.13. The summed E-state index contributed by atoms with van der Waals surface area (Å²) >= 11 is 0. The van der Waals surface area contributed by atoms with E-state index in [-0.39, 0.29) is 5.78 Å². The van der Waals surface area contributed by atoms with Crippen molar-refractivity contribution in [3.05, 3.63) is 72.4 Å². The van der Waals surface area contributed by atoms with Crippen LogP contribution in [0.3, 0.4) is 0 Å². The molecule has 0 unspecified atom stereocenters. The number of hydrogen-bond acceptors (Lipinski definition) is 2. The third kappa shape index (κ3) is 4.63. The second-order valence-corrected chi connectivity index (χ2v) is 4.97. The Morgan fingerprint density at radius 2 is 1.95 bits per heavy atom. The van der Waals surface area contributed by atoms with Gasteiger partial charge < -0.3 is 4.74 Å². The highest BCUT2D eigenvalue weighted by Crippen LogP contribution is 2.18. The average molecular weight is 270 g/mol. The Morgan fingerprint density at radius 3 is 2.50 bits per heavy atom. The molecule has 2 nitrogen and oxygen atoms in total. The van der Waals surface area contributed by atoms with Crippen LogP contribution in [-0.2, 0) is 4.74 Å². The molecule has 2 heteroatoms. The Hall–Kier alpha value is -1.93. The standard InChI is InChI=1S/C18H22O2/c1-5-7-11-15(6-2)14-20-18(3,4)17(19)16-12-9-8-10-13-16/h5-13H,2,14H2,1,3-4H3/b7-5-,15-11+. The summed E-state index contributed by atoms with van der Waals surface area (Å²) in [4.78, 5) is 12.4. The van der Waals surface area contributed by atoms with Crippen molar-refractivity contribution < 1.29 is 9.53 Å². The zero-order chi connectivity index (χ0) is 15.0. The van der Waals surface area contributed by atoms with Crippen LogP contribution in [0.2, 0.25) is 0 Å². The molecule has 0 aliphatic heterocycles. The maximum absolute atomic E-state index is 12.4. The number of hydrogen-bond donors (Lipinski definition) is 0. The molecule has 1 aromatic rings. The van der Waals surface area contributed by atoms with Gasteiger partial charge in [-0.15, -0.1) is 0 Å². The Morgan fingerprint density at radius 1 is 1.30 bits per heavy atom. The Labute approximate surface area is 121 Å². The number of ketones is 1. The zero-order valence-electron chi connectivity index (χ0n) is 12.4. The number of carbonyl (C=O) groups excluding carboxylic acids is 1. The number of benzene rings is 1. The van der Waals surface area contributed by atoms with E-state index in [9.17, 15) is 4.79 Å². The van der Waals surface area contributed by atoms with Gasteiger partial charge in [0.05, 0.1) is 6.61 Å². The highest BCUT2D eigenvalue weighted by atomic mass is 16.5. The molecule has 0 radical (unpaired) electrons. The first-order valence-electron chi connectivity index (χ1n) is 6.69. The minimum absolute atomic E-state index is 0.0208. The molecule has 106 valence electrons. The fourth-order valence-electron chi connectivity index (χ4n) is 1.66. The zero-order valence-corrected chi connectivity index (χ0v) is 12.4.